The van der Waals surface area contributed by atoms with Crippen LogP contribution in [0.1, 0.15) is 5.56 Å². The highest BCUT2D eigenvalue weighted by molar-refractivity contribution is 7.12. The topological polar surface area (TPSA) is 31.8 Å². The van der Waals surface area contributed by atoms with Crippen molar-refractivity contribution in [3.05, 3.63) is 71.7 Å². The normalized spacial score (nSPS) is 11.0. The molecule has 0 saturated carbocycles. The molecule has 0 saturated heterocycles. The molecule has 0 aliphatic carbocycles. The van der Waals surface area contributed by atoms with Gasteiger partial charge in [0.15, 0.2) is 0 Å². The third-order valence-electron chi connectivity index (χ3n) is 3.47. The van der Waals surface area contributed by atoms with Crippen LogP contribution in [0.15, 0.2) is 76.4 Å². The molecule has 1 heterocycles. The van der Waals surface area contributed by atoms with Gasteiger partial charge in [0.1, 0.15) is 18.4 Å². The first-order valence-electron chi connectivity index (χ1n) is 7.42. The van der Waals surface area contributed by atoms with Crippen LogP contribution >= 0.6 is 11.3 Å². The lowest BCUT2D eigenvalue weighted by molar-refractivity contribution is -0.671. The minimum Gasteiger partial charge on any atom is -0.378 e. The van der Waals surface area contributed by atoms with E-state index in [4.69, 9.17) is 0 Å². The van der Waals surface area contributed by atoms with Gasteiger partial charge in [-0.05, 0) is 46.3 Å². The number of nitrogens with zero attached hydrogens (tertiary/aromatic N) is 4. The first-order valence-corrected chi connectivity index (χ1v) is 8.30. The Morgan fingerprint density at radius 3 is 2.39 bits per heavy atom. The van der Waals surface area contributed by atoms with E-state index in [-0.39, 0.29) is 0 Å². The van der Waals surface area contributed by atoms with Crippen molar-refractivity contribution in [2.45, 2.75) is 6.54 Å². The number of hydrogen-bond donors (Lipinski definition) is 0. The summed E-state index contributed by atoms with van der Waals surface area (Å²) in [6, 6.07) is 18.4. The molecule has 0 fully saturated rings. The molecule has 5 heteroatoms. The Morgan fingerprint density at radius 2 is 1.70 bits per heavy atom. The molecule has 23 heavy (non-hydrogen) atoms. The lowest BCUT2D eigenvalue weighted by atomic mass is 10.2. The van der Waals surface area contributed by atoms with Gasteiger partial charge >= 0.3 is 5.13 Å². The zero-order chi connectivity index (χ0) is 16.1. The molecule has 2 aromatic carbocycles. The third kappa shape index (κ3) is 4.02. The van der Waals surface area contributed by atoms with Gasteiger partial charge < -0.3 is 4.90 Å². The summed E-state index contributed by atoms with van der Waals surface area (Å²) < 4.78 is 2.11. The van der Waals surface area contributed by atoms with Crippen molar-refractivity contribution < 1.29 is 4.57 Å². The van der Waals surface area contributed by atoms with E-state index in [2.05, 4.69) is 44.0 Å². The molecule has 3 rings (SSSR count). The van der Waals surface area contributed by atoms with E-state index in [9.17, 15) is 0 Å². The van der Waals surface area contributed by atoms with Crippen molar-refractivity contribution in [1.82, 2.24) is 0 Å². The van der Waals surface area contributed by atoms with Gasteiger partial charge in [-0.25, -0.2) is 4.57 Å². The Hall–Kier alpha value is -2.53. The Morgan fingerprint density at radius 1 is 0.957 bits per heavy atom. The molecule has 0 unspecified atom stereocenters. The number of benzene rings is 2. The number of aromatic nitrogens is 1. The van der Waals surface area contributed by atoms with Gasteiger partial charge in [-0.15, -0.1) is 0 Å². The maximum Gasteiger partial charge on any atom is 0.408 e. The Bertz CT molecular complexity index is 776. The molecule has 4 nitrogen and oxygen atoms in total. The van der Waals surface area contributed by atoms with Crippen LogP contribution in [-0.2, 0) is 6.54 Å². The zero-order valence-corrected chi connectivity index (χ0v) is 14.1. The van der Waals surface area contributed by atoms with E-state index in [1.807, 2.05) is 56.0 Å². The minimum absolute atomic E-state index is 0.804. The number of thiazole rings is 1. The number of hydrogen-bond acceptors (Lipinski definition) is 4. The molecule has 1 aromatic heterocycles. The maximum atomic E-state index is 4.40. The van der Waals surface area contributed by atoms with E-state index in [1.54, 1.807) is 11.3 Å². The van der Waals surface area contributed by atoms with Crippen LogP contribution in [0.5, 0.6) is 0 Å². The van der Waals surface area contributed by atoms with Crippen LogP contribution in [0.4, 0.5) is 16.5 Å². The fourth-order valence-corrected chi connectivity index (χ4v) is 2.87. The molecular formula is C18H19N4S+. The van der Waals surface area contributed by atoms with E-state index in [0.29, 0.717) is 0 Å². The molecule has 0 atom stereocenters. The van der Waals surface area contributed by atoms with Crippen molar-refractivity contribution in [3.8, 4) is 0 Å². The van der Waals surface area contributed by atoms with Crippen LogP contribution in [0.25, 0.3) is 0 Å². The van der Waals surface area contributed by atoms with Crippen LogP contribution in [-0.4, -0.2) is 14.1 Å². The Balaban J connectivity index is 1.74. The molecular weight excluding hydrogens is 304 g/mol. The van der Waals surface area contributed by atoms with Crippen molar-refractivity contribution in [3.63, 3.8) is 0 Å². The van der Waals surface area contributed by atoms with Crippen molar-refractivity contribution >= 4 is 27.8 Å². The highest BCUT2D eigenvalue weighted by atomic mass is 32.1. The first kappa shape index (κ1) is 15.4. The van der Waals surface area contributed by atoms with Crippen molar-refractivity contribution in [2.75, 3.05) is 19.0 Å². The van der Waals surface area contributed by atoms with Crippen LogP contribution < -0.4 is 9.47 Å². The SMILES string of the molecule is CN(C)c1ccc(/N=N/c2scc[n+]2Cc2ccccc2)cc1. The summed E-state index contributed by atoms with van der Waals surface area (Å²) >= 11 is 1.59. The summed E-state index contributed by atoms with van der Waals surface area (Å²) in [6.45, 7) is 0.804. The molecule has 0 N–H and O–H groups in total. The molecule has 0 amide bonds. The Labute approximate surface area is 140 Å². The molecule has 116 valence electrons. The molecule has 0 radical (unpaired) electrons. The second-order valence-corrected chi connectivity index (χ2v) is 6.28. The van der Waals surface area contributed by atoms with Gasteiger partial charge in [-0.2, -0.15) is 0 Å². The smallest absolute Gasteiger partial charge is 0.378 e. The lowest BCUT2D eigenvalue weighted by Gasteiger charge is -2.11. The monoisotopic (exact) mass is 323 g/mol. The number of anilines is 1. The standard InChI is InChI=1S/C18H19N4S/c1-21(2)17-10-8-16(9-11-17)19-20-18-22(12-13-23-18)14-15-6-4-3-5-7-15/h3-13H,14H2,1-2H3/q+1. The van der Waals surface area contributed by atoms with E-state index in [0.717, 1.165) is 23.1 Å². The third-order valence-corrected chi connectivity index (χ3v) is 4.26. The lowest BCUT2D eigenvalue weighted by Crippen LogP contribution is -2.31. The molecule has 0 spiro atoms. The van der Waals surface area contributed by atoms with Gasteiger partial charge in [0, 0.05) is 25.2 Å². The fraction of sp³-hybridized carbons (Fsp3) is 0.167. The minimum atomic E-state index is 0.804. The predicted molar refractivity (Wildman–Crippen MR) is 95.0 cm³/mol. The van der Waals surface area contributed by atoms with Crippen molar-refractivity contribution in [2.24, 2.45) is 10.2 Å². The largest absolute Gasteiger partial charge is 0.408 e. The van der Waals surface area contributed by atoms with Gasteiger partial charge in [-0.1, -0.05) is 30.3 Å². The number of azo groups is 1. The first-order chi connectivity index (χ1) is 11.2. The maximum absolute atomic E-state index is 4.40. The number of rotatable bonds is 5. The summed E-state index contributed by atoms with van der Waals surface area (Å²) in [4.78, 5) is 2.06. The summed E-state index contributed by atoms with van der Waals surface area (Å²) in [5, 5.41) is 11.7. The summed E-state index contributed by atoms with van der Waals surface area (Å²) in [5.74, 6) is 0. The van der Waals surface area contributed by atoms with Gasteiger partial charge in [-0.3, -0.25) is 0 Å². The quantitative estimate of drug-likeness (QED) is 0.500. The highest BCUT2D eigenvalue weighted by Crippen LogP contribution is 2.22. The van der Waals surface area contributed by atoms with Crippen molar-refractivity contribution in [1.29, 1.82) is 0 Å². The average molecular weight is 323 g/mol. The average Bonchev–Trinajstić information content (AvgIpc) is 3.01. The second-order valence-electron chi connectivity index (χ2n) is 5.41. The van der Waals surface area contributed by atoms with Gasteiger partial charge in [0.25, 0.3) is 0 Å². The van der Waals surface area contributed by atoms with E-state index < -0.39 is 0 Å². The van der Waals surface area contributed by atoms with Crippen LogP contribution in [0.2, 0.25) is 0 Å². The van der Waals surface area contributed by atoms with E-state index >= 15 is 0 Å². The molecule has 0 bridgehead atoms. The zero-order valence-electron chi connectivity index (χ0n) is 13.3. The van der Waals surface area contributed by atoms with Crippen LogP contribution in [0, 0.1) is 0 Å². The molecule has 3 aromatic rings. The summed E-state index contributed by atoms with van der Waals surface area (Å²) in [6.07, 6.45) is 2.04. The van der Waals surface area contributed by atoms with Crippen LogP contribution in [0.3, 0.4) is 0 Å². The van der Waals surface area contributed by atoms with E-state index in [1.165, 1.54) is 5.56 Å². The molecule has 0 aliphatic rings. The predicted octanol–water partition coefficient (Wildman–Crippen LogP) is 4.57. The Kier molecular flexibility index (Phi) is 4.78. The second kappa shape index (κ2) is 7.15. The fourth-order valence-electron chi connectivity index (χ4n) is 2.20. The molecule has 0 aliphatic heterocycles. The summed E-state index contributed by atoms with van der Waals surface area (Å²) in [5.41, 5.74) is 3.26. The summed E-state index contributed by atoms with van der Waals surface area (Å²) in [7, 11) is 4.04. The highest BCUT2D eigenvalue weighted by Gasteiger charge is 2.12. The van der Waals surface area contributed by atoms with Gasteiger partial charge in [0.05, 0.1) is 5.11 Å². The van der Waals surface area contributed by atoms with Gasteiger partial charge in [0.2, 0.25) is 0 Å².